The highest BCUT2D eigenvalue weighted by atomic mass is 35.5. The molecule has 0 saturated carbocycles. The number of carbonyl (C=O) groups is 2. The van der Waals surface area contributed by atoms with Crippen molar-refractivity contribution in [3.8, 4) is 0 Å². The summed E-state index contributed by atoms with van der Waals surface area (Å²) in [5.41, 5.74) is 1.35. The Morgan fingerprint density at radius 1 is 0.889 bits per heavy atom. The molecule has 0 spiro atoms. The van der Waals surface area contributed by atoms with E-state index < -0.39 is 45.8 Å². The van der Waals surface area contributed by atoms with Gasteiger partial charge >= 0.3 is 0 Å². The van der Waals surface area contributed by atoms with Crippen molar-refractivity contribution in [1.29, 1.82) is 0 Å². The first-order chi connectivity index (χ1) is 21.2. The van der Waals surface area contributed by atoms with Crippen molar-refractivity contribution in [2.24, 2.45) is 0 Å². The Kier molecular flexibility index (Phi) is 10.7. The van der Waals surface area contributed by atoms with E-state index in [0.717, 1.165) is 15.4 Å². The molecule has 7 nitrogen and oxygen atoms in total. The predicted molar refractivity (Wildman–Crippen MR) is 176 cm³/mol. The van der Waals surface area contributed by atoms with E-state index in [-0.39, 0.29) is 34.1 Å². The third-order valence-corrected chi connectivity index (χ3v) is 9.08. The third kappa shape index (κ3) is 8.93. The second kappa shape index (κ2) is 14.3. The normalized spacial score (nSPS) is 12.3. The number of anilines is 1. The first-order valence-corrected chi connectivity index (χ1v) is 16.3. The number of nitrogens with zero attached hydrogens (tertiary/aromatic N) is 2. The Bertz CT molecular complexity index is 1740. The maximum atomic E-state index is 15.0. The molecule has 10 heteroatoms. The first-order valence-electron chi connectivity index (χ1n) is 14.5. The van der Waals surface area contributed by atoms with E-state index in [4.69, 9.17) is 11.6 Å². The third-order valence-electron chi connectivity index (χ3n) is 7.05. The van der Waals surface area contributed by atoms with Crippen LogP contribution in [0, 0.1) is 12.7 Å². The smallest absolute Gasteiger partial charge is 0.264 e. The van der Waals surface area contributed by atoms with Gasteiger partial charge in [0, 0.05) is 29.1 Å². The number of hydrogen-bond acceptors (Lipinski definition) is 4. The Hall–Kier alpha value is -4.21. The Balaban J connectivity index is 1.83. The summed E-state index contributed by atoms with van der Waals surface area (Å²) in [6.45, 7) is 6.37. The van der Waals surface area contributed by atoms with Gasteiger partial charge in [0.2, 0.25) is 11.8 Å². The molecule has 0 fully saturated rings. The Labute approximate surface area is 269 Å². The SMILES string of the molecule is Cc1ccc(S(=O)(=O)N(CC(=O)N(Cc2ccccc2F)[C@H](Cc2ccccc2)C(=O)NC(C)(C)C)c2cccc(Cl)c2)cc1. The van der Waals surface area contributed by atoms with Gasteiger partial charge in [0.1, 0.15) is 18.4 Å². The summed E-state index contributed by atoms with van der Waals surface area (Å²) in [7, 11) is -4.28. The van der Waals surface area contributed by atoms with E-state index in [9.17, 15) is 18.0 Å². The van der Waals surface area contributed by atoms with Crippen molar-refractivity contribution in [2.75, 3.05) is 10.8 Å². The number of hydrogen-bond donors (Lipinski definition) is 1. The molecule has 45 heavy (non-hydrogen) atoms. The van der Waals surface area contributed by atoms with Gasteiger partial charge in [0.15, 0.2) is 0 Å². The van der Waals surface area contributed by atoms with Crippen molar-refractivity contribution in [1.82, 2.24) is 10.2 Å². The van der Waals surface area contributed by atoms with Crippen LogP contribution >= 0.6 is 11.6 Å². The van der Waals surface area contributed by atoms with Crippen LogP contribution in [-0.2, 0) is 32.6 Å². The van der Waals surface area contributed by atoms with E-state index in [2.05, 4.69) is 5.32 Å². The lowest BCUT2D eigenvalue weighted by Crippen LogP contribution is -2.56. The summed E-state index contributed by atoms with van der Waals surface area (Å²) in [5.74, 6) is -1.70. The largest absolute Gasteiger partial charge is 0.350 e. The fraction of sp³-hybridized carbons (Fsp3) is 0.257. The van der Waals surface area contributed by atoms with Gasteiger partial charge in [0.25, 0.3) is 10.0 Å². The lowest BCUT2D eigenvalue weighted by atomic mass is 10.0. The van der Waals surface area contributed by atoms with Crippen LogP contribution < -0.4 is 9.62 Å². The van der Waals surface area contributed by atoms with Gasteiger partial charge in [-0.3, -0.25) is 13.9 Å². The Morgan fingerprint density at radius 3 is 2.16 bits per heavy atom. The molecular weight excluding hydrogens is 613 g/mol. The highest BCUT2D eigenvalue weighted by molar-refractivity contribution is 7.92. The molecule has 0 heterocycles. The van der Waals surface area contributed by atoms with Crippen LogP contribution in [0.3, 0.4) is 0 Å². The lowest BCUT2D eigenvalue weighted by molar-refractivity contribution is -0.140. The van der Waals surface area contributed by atoms with Crippen molar-refractivity contribution in [3.63, 3.8) is 0 Å². The van der Waals surface area contributed by atoms with Gasteiger partial charge < -0.3 is 10.2 Å². The number of benzene rings is 4. The maximum Gasteiger partial charge on any atom is 0.264 e. The topological polar surface area (TPSA) is 86.8 Å². The zero-order valence-corrected chi connectivity index (χ0v) is 27.3. The molecule has 0 radical (unpaired) electrons. The van der Waals surface area contributed by atoms with Crippen LogP contribution in [-0.4, -0.2) is 43.3 Å². The first kappa shape index (κ1) is 33.7. The number of nitrogens with one attached hydrogen (secondary N) is 1. The van der Waals surface area contributed by atoms with Crippen molar-refractivity contribution < 1.29 is 22.4 Å². The van der Waals surface area contributed by atoms with E-state index in [1.54, 1.807) is 36.4 Å². The van der Waals surface area contributed by atoms with E-state index in [1.165, 1.54) is 41.3 Å². The predicted octanol–water partition coefficient (Wildman–Crippen LogP) is 6.54. The van der Waals surface area contributed by atoms with Gasteiger partial charge in [-0.05, 0) is 69.7 Å². The number of rotatable bonds is 11. The van der Waals surface area contributed by atoms with Gasteiger partial charge in [-0.1, -0.05) is 83.9 Å². The fourth-order valence-corrected chi connectivity index (χ4v) is 6.40. The van der Waals surface area contributed by atoms with Gasteiger partial charge in [0.05, 0.1) is 10.6 Å². The zero-order chi connectivity index (χ0) is 32.8. The average molecular weight is 650 g/mol. The van der Waals surface area contributed by atoms with E-state index in [1.807, 2.05) is 58.0 Å². The van der Waals surface area contributed by atoms with Gasteiger partial charge in [-0.2, -0.15) is 0 Å². The molecule has 0 saturated heterocycles. The van der Waals surface area contributed by atoms with Gasteiger partial charge in [-0.25, -0.2) is 12.8 Å². The lowest BCUT2D eigenvalue weighted by Gasteiger charge is -2.35. The van der Waals surface area contributed by atoms with Crippen LogP contribution in [0.1, 0.15) is 37.5 Å². The van der Waals surface area contributed by atoms with Crippen LogP contribution in [0.4, 0.5) is 10.1 Å². The summed E-state index contributed by atoms with van der Waals surface area (Å²) in [6, 6.07) is 26.5. The number of sulfonamides is 1. The minimum absolute atomic E-state index is 0.0205. The van der Waals surface area contributed by atoms with E-state index >= 15 is 4.39 Å². The van der Waals surface area contributed by atoms with Crippen LogP contribution in [0.2, 0.25) is 5.02 Å². The van der Waals surface area contributed by atoms with Crippen LogP contribution in [0.25, 0.3) is 0 Å². The molecule has 1 atom stereocenters. The molecular formula is C35H37ClFN3O4S. The number of amides is 2. The molecule has 4 aromatic rings. The van der Waals surface area contributed by atoms with Crippen molar-refractivity contribution in [3.05, 3.63) is 131 Å². The second-order valence-electron chi connectivity index (χ2n) is 11.9. The highest BCUT2D eigenvalue weighted by Crippen LogP contribution is 2.27. The fourth-order valence-electron chi connectivity index (χ4n) is 4.81. The molecule has 0 aliphatic carbocycles. The maximum absolute atomic E-state index is 15.0. The van der Waals surface area contributed by atoms with Crippen LogP contribution in [0.15, 0.2) is 108 Å². The molecule has 0 aliphatic heterocycles. The molecule has 236 valence electrons. The molecule has 2 amide bonds. The molecule has 0 aromatic heterocycles. The minimum atomic E-state index is -4.28. The molecule has 4 rings (SSSR count). The summed E-state index contributed by atoms with van der Waals surface area (Å²) >= 11 is 6.26. The average Bonchev–Trinajstić information content (AvgIpc) is 2.98. The molecule has 0 unspecified atom stereocenters. The van der Waals surface area contributed by atoms with Gasteiger partial charge in [-0.15, -0.1) is 0 Å². The minimum Gasteiger partial charge on any atom is -0.350 e. The number of aryl methyl sites for hydroxylation is 1. The van der Waals surface area contributed by atoms with Crippen LogP contribution in [0.5, 0.6) is 0 Å². The van der Waals surface area contributed by atoms with Crippen molar-refractivity contribution in [2.45, 2.75) is 57.1 Å². The van der Waals surface area contributed by atoms with Crippen molar-refractivity contribution >= 4 is 39.1 Å². The molecule has 0 aliphatic rings. The summed E-state index contributed by atoms with van der Waals surface area (Å²) < 4.78 is 44.2. The molecule has 4 aromatic carbocycles. The molecule has 1 N–H and O–H groups in total. The summed E-state index contributed by atoms with van der Waals surface area (Å²) in [6.07, 6.45) is 0.116. The summed E-state index contributed by atoms with van der Waals surface area (Å²) in [4.78, 5) is 29.6. The monoisotopic (exact) mass is 649 g/mol. The zero-order valence-electron chi connectivity index (χ0n) is 25.7. The standard InChI is InChI=1S/C35H37ClFN3O4S/c1-25-17-19-30(20-18-25)45(43,44)40(29-15-10-14-28(36)22-29)24-33(41)39(23-27-13-8-9-16-31(27)37)32(34(42)38-35(2,3)4)21-26-11-6-5-7-12-26/h5-20,22,32H,21,23-24H2,1-4H3,(H,38,42)/t32-/m1/s1. The number of halogens is 2. The number of carbonyl (C=O) groups excluding carboxylic acids is 2. The second-order valence-corrected chi connectivity index (χ2v) is 14.2. The van der Waals surface area contributed by atoms with E-state index in [0.29, 0.717) is 0 Å². The molecule has 0 bridgehead atoms. The summed E-state index contributed by atoms with van der Waals surface area (Å²) in [5, 5.41) is 3.23. The highest BCUT2D eigenvalue weighted by Gasteiger charge is 2.36. The Morgan fingerprint density at radius 2 is 1.53 bits per heavy atom. The quantitative estimate of drug-likeness (QED) is 0.200.